The summed E-state index contributed by atoms with van der Waals surface area (Å²) in [5, 5.41) is 11.9. The van der Waals surface area contributed by atoms with Crippen molar-refractivity contribution in [1.29, 1.82) is 0 Å². The molecule has 1 aromatic rings. The molecule has 98 valence electrons. The number of rotatable bonds is 5. The van der Waals surface area contributed by atoms with Gasteiger partial charge in [0.1, 0.15) is 0 Å². The highest BCUT2D eigenvalue weighted by molar-refractivity contribution is 6.31. The number of amides is 1. The molecule has 0 aliphatic rings. The number of carboxylic acids is 1. The summed E-state index contributed by atoms with van der Waals surface area (Å²) in [6, 6.07) is 4.29. The summed E-state index contributed by atoms with van der Waals surface area (Å²) >= 11 is 5.72. The number of nitrogens with one attached hydrogen (secondary N) is 1. The second kappa shape index (κ2) is 6.37. The van der Waals surface area contributed by atoms with Crippen LogP contribution in [0.1, 0.15) is 23.7 Å². The largest absolute Gasteiger partial charge is 0.478 e. The molecule has 5 nitrogen and oxygen atoms in total. The van der Waals surface area contributed by atoms with E-state index in [4.69, 9.17) is 22.4 Å². The van der Waals surface area contributed by atoms with Gasteiger partial charge < -0.3 is 16.2 Å². The Bertz CT molecular complexity index is 463. The summed E-state index contributed by atoms with van der Waals surface area (Å²) in [6.07, 6.45) is 0.543. The third kappa shape index (κ3) is 3.72. The van der Waals surface area contributed by atoms with Crippen molar-refractivity contribution in [1.82, 2.24) is 0 Å². The van der Waals surface area contributed by atoms with E-state index in [-0.39, 0.29) is 23.1 Å². The fraction of sp³-hybridized carbons (Fsp3) is 0.333. The van der Waals surface area contributed by atoms with E-state index in [2.05, 4.69) is 5.32 Å². The number of anilines is 1. The first-order valence-electron chi connectivity index (χ1n) is 5.49. The van der Waals surface area contributed by atoms with E-state index in [1.807, 2.05) is 0 Å². The predicted molar refractivity (Wildman–Crippen MR) is 69.9 cm³/mol. The van der Waals surface area contributed by atoms with E-state index in [1.165, 1.54) is 18.2 Å². The molecular formula is C12H15ClN2O3. The van der Waals surface area contributed by atoms with Crippen molar-refractivity contribution in [2.45, 2.75) is 13.3 Å². The van der Waals surface area contributed by atoms with Crippen LogP contribution >= 0.6 is 11.6 Å². The van der Waals surface area contributed by atoms with Gasteiger partial charge in [-0.1, -0.05) is 18.5 Å². The van der Waals surface area contributed by atoms with Gasteiger partial charge in [0.25, 0.3) is 0 Å². The van der Waals surface area contributed by atoms with Gasteiger partial charge in [0.15, 0.2) is 0 Å². The Morgan fingerprint density at radius 1 is 1.50 bits per heavy atom. The van der Waals surface area contributed by atoms with Crippen molar-refractivity contribution in [3.63, 3.8) is 0 Å². The third-order valence-electron chi connectivity index (χ3n) is 2.52. The van der Waals surface area contributed by atoms with Gasteiger partial charge in [-0.3, -0.25) is 4.79 Å². The Labute approximate surface area is 110 Å². The maximum Gasteiger partial charge on any atom is 0.337 e. The average molecular weight is 271 g/mol. The van der Waals surface area contributed by atoms with E-state index in [1.54, 1.807) is 6.92 Å². The number of hydrogen-bond acceptors (Lipinski definition) is 3. The highest BCUT2D eigenvalue weighted by atomic mass is 35.5. The van der Waals surface area contributed by atoms with Crippen LogP contribution in [0.4, 0.5) is 5.69 Å². The second-order valence-corrected chi connectivity index (χ2v) is 4.40. The number of carbonyl (C=O) groups excluding carboxylic acids is 1. The minimum absolute atomic E-state index is 0.0317. The van der Waals surface area contributed by atoms with E-state index in [0.29, 0.717) is 18.0 Å². The fourth-order valence-electron chi connectivity index (χ4n) is 1.44. The van der Waals surface area contributed by atoms with Crippen molar-refractivity contribution >= 4 is 29.2 Å². The van der Waals surface area contributed by atoms with Crippen LogP contribution < -0.4 is 11.1 Å². The van der Waals surface area contributed by atoms with Gasteiger partial charge in [0.2, 0.25) is 5.91 Å². The van der Waals surface area contributed by atoms with Crippen molar-refractivity contribution in [3.05, 3.63) is 28.8 Å². The molecule has 0 radical (unpaired) electrons. The lowest BCUT2D eigenvalue weighted by Crippen LogP contribution is -2.23. The molecule has 0 saturated heterocycles. The zero-order valence-electron chi connectivity index (χ0n) is 9.94. The molecule has 0 aromatic heterocycles. The zero-order chi connectivity index (χ0) is 13.7. The molecule has 0 spiro atoms. The summed E-state index contributed by atoms with van der Waals surface area (Å²) in [5.41, 5.74) is 5.57. The lowest BCUT2D eigenvalue weighted by atomic mass is 10.1. The molecular weight excluding hydrogens is 256 g/mol. The average Bonchev–Trinajstić information content (AvgIpc) is 2.31. The molecule has 18 heavy (non-hydrogen) atoms. The first-order chi connectivity index (χ1) is 8.45. The lowest BCUT2D eigenvalue weighted by molar-refractivity contribution is -0.119. The van der Waals surface area contributed by atoms with Crippen LogP contribution in [-0.4, -0.2) is 23.5 Å². The molecule has 0 heterocycles. The van der Waals surface area contributed by atoms with Crippen LogP contribution in [0.15, 0.2) is 18.2 Å². The molecule has 0 aliphatic carbocycles. The monoisotopic (exact) mass is 270 g/mol. The molecule has 0 bridgehead atoms. The SMILES string of the molecule is CC(CCN)C(=O)Nc1ccc(Cl)cc1C(=O)O. The fourth-order valence-corrected chi connectivity index (χ4v) is 1.61. The number of aromatic carboxylic acids is 1. The number of carboxylic acid groups (broad SMARTS) is 1. The topological polar surface area (TPSA) is 92.4 Å². The summed E-state index contributed by atoms with van der Waals surface area (Å²) in [4.78, 5) is 22.8. The van der Waals surface area contributed by atoms with Gasteiger partial charge in [-0.25, -0.2) is 4.79 Å². The van der Waals surface area contributed by atoms with Gasteiger partial charge in [-0.15, -0.1) is 0 Å². The quantitative estimate of drug-likeness (QED) is 0.762. The second-order valence-electron chi connectivity index (χ2n) is 3.96. The number of carbonyl (C=O) groups is 2. The predicted octanol–water partition coefficient (Wildman–Crippen LogP) is 1.96. The summed E-state index contributed by atoms with van der Waals surface area (Å²) < 4.78 is 0. The Morgan fingerprint density at radius 3 is 2.72 bits per heavy atom. The normalized spacial score (nSPS) is 11.9. The maximum atomic E-state index is 11.8. The summed E-state index contributed by atoms with van der Waals surface area (Å²) in [5.74, 6) is -1.67. The van der Waals surface area contributed by atoms with Gasteiger partial charge in [0, 0.05) is 10.9 Å². The highest BCUT2D eigenvalue weighted by Crippen LogP contribution is 2.21. The van der Waals surface area contributed by atoms with Crippen LogP contribution in [0, 0.1) is 5.92 Å². The van der Waals surface area contributed by atoms with Crippen LogP contribution in [0.3, 0.4) is 0 Å². The Morgan fingerprint density at radius 2 is 2.17 bits per heavy atom. The molecule has 1 unspecified atom stereocenters. The molecule has 1 aromatic carbocycles. The molecule has 0 saturated carbocycles. The molecule has 4 N–H and O–H groups in total. The van der Waals surface area contributed by atoms with Gasteiger partial charge in [-0.05, 0) is 31.2 Å². The zero-order valence-corrected chi connectivity index (χ0v) is 10.7. The third-order valence-corrected chi connectivity index (χ3v) is 2.75. The first-order valence-corrected chi connectivity index (χ1v) is 5.87. The van der Waals surface area contributed by atoms with Gasteiger partial charge in [0.05, 0.1) is 11.3 Å². The van der Waals surface area contributed by atoms with Crippen LogP contribution in [0.2, 0.25) is 5.02 Å². The number of benzene rings is 1. The van der Waals surface area contributed by atoms with E-state index >= 15 is 0 Å². The highest BCUT2D eigenvalue weighted by Gasteiger charge is 2.16. The van der Waals surface area contributed by atoms with Gasteiger partial charge >= 0.3 is 5.97 Å². The smallest absolute Gasteiger partial charge is 0.337 e. The molecule has 0 aliphatic heterocycles. The Balaban J connectivity index is 2.90. The Hall–Kier alpha value is -1.59. The lowest BCUT2D eigenvalue weighted by Gasteiger charge is -2.13. The molecule has 1 amide bonds. The molecule has 6 heteroatoms. The first kappa shape index (κ1) is 14.5. The van der Waals surface area contributed by atoms with Crippen molar-refractivity contribution < 1.29 is 14.7 Å². The van der Waals surface area contributed by atoms with E-state index in [9.17, 15) is 9.59 Å². The van der Waals surface area contributed by atoms with Crippen LogP contribution in [-0.2, 0) is 4.79 Å². The van der Waals surface area contributed by atoms with Crippen LogP contribution in [0.5, 0.6) is 0 Å². The van der Waals surface area contributed by atoms with Crippen molar-refractivity contribution in [2.75, 3.05) is 11.9 Å². The molecule has 0 fully saturated rings. The minimum atomic E-state index is -1.14. The number of halogens is 1. The van der Waals surface area contributed by atoms with Crippen molar-refractivity contribution in [2.24, 2.45) is 11.7 Å². The molecule has 1 rings (SSSR count). The van der Waals surface area contributed by atoms with E-state index in [0.717, 1.165) is 0 Å². The standard InChI is InChI=1S/C12H15ClN2O3/c1-7(4-5-14)11(16)15-10-3-2-8(13)6-9(10)12(17)18/h2-3,6-7H,4-5,14H2,1H3,(H,15,16)(H,17,18). The van der Waals surface area contributed by atoms with Crippen molar-refractivity contribution in [3.8, 4) is 0 Å². The van der Waals surface area contributed by atoms with Crippen LogP contribution in [0.25, 0.3) is 0 Å². The number of nitrogens with two attached hydrogens (primary N) is 1. The maximum absolute atomic E-state index is 11.8. The summed E-state index contributed by atoms with van der Waals surface area (Å²) in [6.45, 7) is 2.14. The van der Waals surface area contributed by atoms with Gasteiger partial charge in [-0.2, -0.15) is 0 Å². The summed E-state index contributed by atoms with van der Waals surface area (Å²) in [7, 11) is 0. The number of hydrogen-bond donors (Lipinski definition) is 3. The Kier molecular flexibility index (Phi) is 5.12. The molecule has 1 atom stereocenters. The minimum Gasteiger partial charge on any atom is -0.478 e. The van der Waals surface area contributed by atoms with E-state index < -0.39 is 5.97 Å².